The quantitative estimate of drug-likeness (QED) is 0.0125. The van der Waals surface area contributed by atoms with Crippen LogP contribution in [0.4, 0.5) is 0 Å². The molecule has 0 aliphatic heterocycles. The number of carboxylic acid groups (broad SMARTS) is 2. The van der Waals surface area contributed by atoms with E-state index in [9.17, 15) is 19.2 Å². The monoisotopic (exact) mass is 1960 g/mol. The molecule has 662 valence electrons. The van der Waals surface area contributed by atoms with Crippen molar-refractivity contribution in [3.05, 3.63) is 343 Å². The third-order valence-corrected chi connectivity index (χ3v) is 21.5. The summed E-state index contributed by atoms with van der Waals surface area (Å²) >= 11 is 3.47. The first-order valence-electron chi connectivity index (χ1n) is 41.5. The minimum atomic E-state index is -0.863. The molecule has 21 aromatic rings. The van der Waals surface area contributed by atoms with Crippen LogP contribution in [0.25, 0.3) is 154 Å². The maximum atomic E-state index is 11.6. The van der Waals surface area contributed by atoms with Crippen molar-refractivity contribution in [1.82, 2.24) is 59.8 Å². The first-order valence-corrected chi connectivity index (χ1v) is 42.7. The van der Waals surface area contributed by atoms with Crippen LogP contribution in [-0.4, -0.2) is 115 Å². The van der Waals surface area contributed by atoms with E-state index < -0.39 is 11.9 Å². The number of aryl methyl sites for hydroxylation is 3. The summed E-state index contributed by atoms with van der Waals surface area (Å²) in [5.41, 5.74) is 31.4. The molecule has 0 bridgehead atoms. The Morgan fingerprint density at radius 1 is 0.353 bits per heavy atom. The summed E-state index contributed by atoms with van der Waals surface area (Å²) in [5.74, 6) is -2.23. The van der Waals surface area contributed by atoms with E-state index in [2.05, 4.69) is 130 Å². The van der Waals surface area contributed by atoms with Gasteiger partial charge in [-0.2, -0.15) is 14.4 Å². The fraction of sp³-hybridized carbons (Fsp3) is 0.125. The number of ether oxygens (including phenoxy) is 2. The first kappa shape index (κ1) is 108. The van der Waals surface area contributed by atoms with Gasteiger partial charge in [0.2, 0.25) is 22.1 Å². The van der Waals surface area contributed by atoms with Crippen LogP contribution in [0, 0.1) is 30.1 Å². The molecule has 0 atom stereocenters. The van der Waals surface area contributed by atoms with E-state index in [1.165, 1.54) is 25.3 Å². The number of hydrogen-bond donors (Lipinski definition) is 2. The largest absolute Gasteiger partial charge is 1.00 e. The van der Waals surface area contributed by atoms with Crippen molar-refractivity contribution in [2.24, 2.45) is 0 Å². The number of para-hydroxylation sites is 21. The van der Waals surface area contributed by atoms with Crippen LogP contribution in [0.15, 0.2) is 297 Å². The molecule has 14 aromatic carbocycles. The number of carboxylic acids is 2. The second kappa shape index (κ2) is 53.7. The van der Waals surface area contributed by atoms with Crippen LogP contribution in [0.2, 0.25) is 0 Å². The molecule has 0 aliphatic rings. The molecular weight excluding hydrogens is 1880 g/mol. The number of nitriles is 1. The number of nitrogens with zero attached hydrogens (tertiary/aromatic N) is 16. The van der Waals surface area contributed by atoms with Crippen LogP contribution in [0.3, 0.4) is 0 Å². The Labute approximate surface area is 924 Å². The zero-order valence-electron chi connectivity index (χ0n) is 76.5. The molecule has 0 saturated carbocycles. The van der Waals surface area contributed by atoms with Crippen molar-refractivity contribution in [3.63, 3.8) is 0 Å². The van der Waals surface area contributed by atoms with Crippen molar-refractivity contribution < 1.29 is 219 Å². The first-order chi connectivity index (χ1) is 64.5. The zero-order chi connectivity index (χ0) is 93.0. The summed E-state index contributed by atoms with van der Waals surface area (Å²) in [6.45, 7) is 12.5. The number of aliphatic carboxylic acids is 2. The van der Waals surface area contributed by atoms with E-state index in [0.717, 1.165) is 190 Å². The molecule has 0 aliphatic carbocycles. The van der Waals surface area contributed by atoms with E-state index >= 15 is 0 Å². The van der Waals surface area contributed by atoms with E-state index in [1.807, 2.05) is 273 Å². The Morgan fingerprint density at radius 3 is 0.890 bits per heavy atom. The number of esters is 2. The molecule has 0 spiro atoms. The Balaban J connectivity index is 0.000000193. The molecule has 7 heterocycles. The number of carbonyl (C=O) groups excluding carboxylic acids is 3. The predicted octanol–water partition coefficient (Wildman–Crippen LogP) is 9.34. The van der Waals surface area contributed by atoms with Crippen molar-refractivity contribution in [1.29, 1.82) is 10.5 Å². The number of hydrogen-bond acceptors (Lipinski definition) is 23. The third-order valence-electron chi connectivity index (χ3n) is 20.9. The molecule has 21 rings (SSSR count). The third kappa shape index (κ3) is 27.2. The number of alkyl halides is 1. The molecule has 0 saturated heterocycles. The minimum absolute atomic E-state index is 0. The normalized spacial score (nSPS) is 10.3. The summed E-state index contributed by atoms with van der Waals surface area (Å²) in [6, 6.07) is 97.7. The van der Waals surface area contributed by atoms with Gasteiger partial charge in [-0.3, -0.25) is 24.0 Å². The maximum Gasteiger partial charge on any atom is 1.00 e. The number of halogens is 2. The van der Waals surface area contributed by atoms with Gasteiger partial charge in [0.05, 0.1) is 163 Å². The van der Waals surface area contributed by atoms with Crippen molar-refractivity contribution in [2.45, 2.75) is 71.3 Å². The average Bonchev–Trinajstić information content (AvgIpc) is 0.766. The number of carbonyl (C=O) groups is 5. The second-order valence-corrected chi connectivity index (χ2v) is 29.8. The van der Waals surface area contributed by atoms with Gasteiger partial charge >= 0.3 is 178 Å². The molecule has 0 amide bonds. The van der Waals surface area contributed by atoms with Crippen LogP contribution in [0.5, 0.6) is 0 Å². The molecule has 32 heteroatoms. The molecule has 0 radical (unpaired) electrons. The topological polar surface area (TPSA) is 387 Å². The number of benzene rings is 14. The summed E-state index contributed by atoms with van der Waals surface area (Å²) < 4.78 is 13.9. The van der Waals surface area contributed by atoms with Gasteiger partial charge in [-0.1, -0.05) is 186 Å². The van der Waals surface area contributed by atoms with Crippen molar-refractivity contribution in [2.75, 3.05) is 14.2 Å². The van der Waals surface area contributed by atoms with Gasteiger partial charge in [0.25, 0.3) is 6.47 Å². The van der Waals surface area contributed by atoms with E-state index in [4.69, 9.17) is 51.8 Å². The molecule has 0 fully saturated rings. The van der Waals surface area contributed by atoms with Gasteiger partial charge in [0, 0.05) is 29.6 Å². The van der Waals surface area contributed by atoms with Crippen molar-refractivity contribution >= 4 is 213 Å². The number of fused-ring (bicyclic) bond motifs is 14. The molecule has 27 nitrogen and oxygen atoms in total. The van der Waals surface area contributed by atoms with Gasteiger partial charge in [-0.05, 0) is 163 Å². The number of aromatic nitrogens is 14. The molecule has 2 N–H and O–H groups in total. The summed E-state index contributed by atoms with van der Waals surface area (Å²) in [4.78, 5) is 111. The van der Waals surface area contributed by atoms with Gasteiger partial charge in [-0.25, -0.2) is 59.8 Å². The van der Waals surface area contributed by atoms with Crippen molar-refractivity contribution in [3.8, 4) is 6.07 Å². The second-order valence-electron chi connectivity index (χ2n) is 29.2. The van der Waals surface area contributed by atoms with E-state index in [-0.39, 0.29) is 212 Å². The SMILES string of the molecule is BrCc1cccc2nc3ccccc3nc12.CC[n+]1c2ccccc2nc2c(CC(=O)O)cccc21.CC[n+]1c2ccccc2nc2c(CC(=O)OC)cccc21.COC(=O)Cc1cccc2nc3ccccc3nc12.Cc1cccc2nc3ccccc3nc12.Cl.N#CCc1cccc2nc3ccccc3nc12.O=C(O)Cc1cccc2nc3ccccc3nc12.O=CO[O-].[C-]#N.[H-].[K+].[K+].[K+]. The molecular formula is C104H85BrClK3N16O11+2. The standard InChI is InChI=1S/C17H17N2O2.C16H14N2O2.C15H12N2O2.C14H9N3.C14H10N2O2.C13H9BrN2.C13H10N2.CN.CH2O3.ClH.3K.H/c1-3-19-14-9-5-4-8-13(14)18-17-12(11-16(20)21-2)7-6-10-15(17)19;1-2-18-13-8-4-3-7-12(13)17-16-11(10-15(19)20)6-5-9-14(16)18;1-19-14(18)9-10-5-4-8-13-15(10)17-12-7-3-2-6-11(12)16-13;15-9-8-10-4-3-7-13-14(10)17-12-6-2-1-5-11(12)16-13;17-13(18)8-9-4-3-7-12-14(9)16-11-6-2-1-5-10(11)15-12;14-8-9-4-3-7-12-13(9)16-11-6-2-1-5-10(11)15-12;1-9-5-4-8-12-13(9)15-11-7-3-2-6-10(11)14-12;1-2;2-1-4-3;;;;;/h4-10H,3,11H2,1-2H3;3-9H,2,10H2,1H3;2-8H,9H2,1H3;1-7H,8H2;1-7H,8H2,(H,17,18);1-7H,8H2;2-8H,1H3;;1,3H;1H;;;;/q+1;;;;;;;-1;;;3*+1;-1. The van der Waals surface area contributed by atoms with Gasteiger partial charge in [0.15, 0.2) is 0 Å². The Bertz CT molecular complexity index is 7960. The number of rotatable bonds is 13. The predicted molar refractivity (Wildman–Crippen MR) is 517 cm³/mol. The van der Waals surface area contributed by atoms with Gasteiger partial charge < -0.3 is 43.1 Å². The number of methoxy groups -OCH3 is 2. The fourth-order valence-electron chi connectivity index (χ4n) is 14.9. The zero-order valence-corrected chi connectivity index (χ0v) is 87.3. The smallest absolute Gasteiger partial charge is 1.00 e. The average molecular weight is 1970 g/mol. The van der Waals surface area contributed by atoms with Crippen LogP contribution < -0.4 is 169 Å². The Hall–Kier alpha value is -11.8. The summed E-state index contributed by atoms with van der Waals surface area (Å²) in [6.07, 6.45) is 0.769. The summed E-state index contributed by atoms with van der Waals surface area (Å²) in [7, 11) is 2.79. The van der Waals surface area contributed by atoms with Crippen LogP contribution in [0.1, 0.15) is 54.2 Å². The molecule has 0 unspecified atom stereocenters. The minimum Gasteiger partial charge on any atom is -1.00 e. The maximum absolute atomic E-state index is 11.6. The van der Waals surface area contributed by atoms with Crippen LogP contribution in [-0.2, 0) is 88.9 Å². The summed E-state index contributed by atoms with van der Waals surface area (Å²) in [5, 5.41) is 42.2. The molecule has 7 aromatic heterocycles. The van der Waals surface area contributed by atoms with Gasteiger partial charge in [0.1, 0.15) is 35.2 Å². The Morgan fingerprint density at radius 2 is 0.581 bits per heavy atom. The van der Waals surface area contributed by atoms with Crippen LogP contribution >= 0.6 is 28.3 Å². The fourth-order valence-corrected chi connectivity index (χ4v) is 15.3. The van der Waals surface area contributed by atoms with E-state index in [0.29, 0.717) is 17.5 Å². The van der Waals surface area contributed by atoms with E-state index in [1.54, 1.807) is 6.07 Å². The van der Waals surface area contributed by atoms with Gasteiger partial charge in [-0.15, -0.1) is 12.4 Å². The Kier molecular flexibility index (Phi) is 42.6. The molecule has 136 heavy (non-hydrogen) atoms.